The molecule has 20 heavy (non-hydrogen) atoms. The van der Waals surface area contributed by atoms with Crippen LogP contribution in [0.2, 0.25) is 0 Å². The summed E-state index contributed by atoms with van der Waals surface area (Å²) in [5.41, 5.74) is 1.29. The first-order valence-corrected chi connectivity index (χ1v) is 7.03. The smallest absolute Gasteiger partial charge is 0.233 e. The van der Waals surface area contributed by atoms with Gasteiger partial charge in [0.05, 0.1) is 6.04 Å². The number of aromatic nitrogens is 2. The second kappa shape index (κ2) is 5.63. The fourth-order valence-corrected chi connectivity index (χ4v) is 2.47. The molecule has 2 aromatic rings. The first-order chi connectivity index (χ1) is 9.74. The van der Waals surface area contributed by atoms with Crippen LogP contribution in [0.5, 0.6) is 5.75 Å². The van der Waals surface area contributed by atoms with Gasteiger partial charge in [0.2, 0.25) is 11.8 Å². The van der Waals surface area contributed by atoms with Gasteiger partial charge in [-0.2, -0.15) is 0 Å². The van der Waals surface area contributed by atoms with Crippen LogP contribution in [0, 0.1) is 6.92 Å². The highest BCUT2D eigenvalue weighted by atomic mass is 16.5. The average molecular weight is 273 g/mol. The van der Waals surface area contributed by atoms with Gasteiger partial charge in [-0.1, -0.05) is 19.1 Å². The zero-order valence-electron chi connectivity index (χ0n) is 11.8. The van der Waals surface area contributed by atoms with Crippen molar-refractivity contribution in [2.45, 2.75) is 38.8 Å². The molecule has 1 N–H and O–H groups in total. The maximum absolute atomic E-state index is 6.02. The molecule has 3 rings (SSSR count). The summed E-state index contributed by atoms with van der Waals surface area (Å²) in [6.45, 7) is 4.74. The Morgan fingerprint density at radius 3 is 3.05 bits per heavy atom. The van der Waals surface area contributed by atoms with E-state index in [-0.39, 0.29) is 12.1 Å². The number of benzene rings is 1. The summed E-state index contributed by atoms with van der Waals surface area (Å²) >= 11 is 0. The molecule has 1 aliphatic heterocycles. The number of nitrogens with zero attached hydrogens (tertiary/aromatic N) is 2. The van der Waals surface area contributed by atoms with Crippen molar-refractivity contribution in [1.82, 2.24) is 15.5 Å². The predicted molar refractivity (Wildman–Crippen MR) is 74.6 cm³/mol. The van der Waals surface area contributed by atoms with Gasteiger partial charge in [-0.3, -0.25) is 0 Å². The molecule has 1 aromatic carbocycles. The van der Waals surface area contributed by atoms with E-state index < -0.39 is 0 Å². The largest absolute Gasteiger partial charge is 0.489 e. The standard InChI is InChI=1S/C15H19N3O2/c1-3-11-5-4-6-12(7-11)20-13-8-14(16-9-13)15-18-17-10(2)19-15/h4-7,13-14,16H,3,8-9H2,1-2H3. The maximum Gasteiger partial charge on any atom is 0.233 e. The lowest BCUT2D eigenvalue weighted by atomic mass is 10.1. The van der Waals surface area contributed by atoms with E-state index in [4.69, 9.17) is 9.15 Å². The topological polar surface area (TPSA) is 60.2 Å². The summed E-state index contributed by atoms with van der Waals surface area (Å²) < 4.78 is 11.5. The van der Waals surface area contributed by atoms with Crippen molar-refractivity contribution in [3.8, 4) is 5.75 Å². The van der Waals surface area contributed by atoms with Crippen LogP contribution in [0.25, 0.3) is 0 Å². The van der Waals surface area contributed by atoms with Crippen molar-refractivity contribution in [2.75, 3.05) is 6.54 Å². The number of nitrogens with one attached hydrogen (secondary N) is 1. The third-order valence-electron chi connectivity index (χ3n) is 3.54. The first kappa shape index (κ1) is 13.1. The minimum absolute atomic E-state index is 0.0931. The molecular formula is C15H19N3O2. The van der Waals surface area contributed by atoms with E-state index in [0.717, 1.165) is 25.1 Å². The van der Waals surface area contributed by atoms with Crippen molar-refractivity contribution >= 4 is 0 Å². The molecule has 0 bridgehead atoms. The van der Waals surface area contributed by atoms with Crippen molar-refractivity contribution in [1.29, 1.82) is 0 Å². The second-order valence-corrected chi connectivity index (χ2v) is 5.10. The van der Waals surface area contributed by atoms with Gasteiger partial charge in [0, 0.05) is 19.9 Å². The van der Waals surface area contributed by atoms with Gasteiger partial charge < -0.3 is 14.5 Å². The van der Waals surface area contributed by atoms with Crippen LogP contribution in [0.3, 0.4) is 0 Å². The quantitative estimate of drug-likeness (QED) is 0.927. The molecule has 0 amide bonds. The van der Waals surface area contributed by atoms with Crippen molar-refractivity contribution < 1.29 is 9.15 Å². The molecule has 2 unspecified atom stereocenters. The van der Waals surface area contributed by atoms with E-state index in [9.17, 15) is 0 Å². The summed E-state index contributed by atoms with van der Waals surface area (Å²) in [7, 11) is 0. The van der Waals surface area contributed by atoms with Crippen LogP contribution in [-0.2, 0) is 6.42 Å². The van der Waals surface area contributed by atoms with Gasteiger partial charge in [-0.05, 0) is 24.1 Å². The highest BCUT2D eigenvalue weighted by Gasteiger charge is 2.30. The summed E-state index contributed by atoms with van der Waals surface area (Å²) in [6, 6.07) is 8.35. The Labute approximate surface area is 118 Å². The number of hydrogen-bond donors (Lipinski definition) is 1. The fourth-order valence-electron chi connectivity index (χ4n) is 2.47. The molecule has 0 aliphatic carbocycles. The monoisotopic (exact) mass is 273 g/mol. The Balaban J connectivity index is 1.62. The molecular weight excluding hydrogens is 254 g/mol. The third kappa shape index (κ3) is 2.82. The highest BCUT2D eigenvalue weighted by molar-refractivity contribution is 5.28. The fraction of sp³-hybridized carbons (Fsp3) is 0.467. The number of ether oxygens (including phenoxy) is 1. The Kier molecular flexibility index (Phi) is 3.69. The third-order valence-corrected chi connectivity index (χ3v) is 3.54. The normalized spacial score (nSPS) is 22.1. The van der Waals surface area contributed by atoms with E-state index in [1.807, 2.05) is 12.1 Å². The summed E-state index contributed by atoms with van der Waals surface area (Å²) in [4.78, 5) is 0. The van der Waals surface area contributed by atoms with Crippen molar-refractivity contribution in [3.05, 3.63) is 41.6 Å². The molecule has 5 nitrogen and oxygen atoms in total. The molecule has 0 spiro atoms. The average Bonchev–Trinajstić information content (AvgIpc) is 3.08. The molecule has 1 aromatic heterocycles. The van der Waals surface area contributed by atoms with Crippen LogP contribution in [-0.4, -0.2) is 22.8 Å². The highest BCUT2D eigenvalue weighted by Crippen LogP contribution is 2.26. The van der Waals surface area contributed by atoms with Gasteiger partial charge in [-0.25, -0.2) is 0 Å². The van der Waals surface area contributed by atoms with Crippen LogP contribution < -0.4 is 10.1 Å². The van der Waals surface area contributed by atoms with Crippen LogP contribution in [0.1, 0.15) is 36.7 Å². The zero-order chi connectivity index (χ0) is 13.9. The number of aryl methyl sites for hydroxylation is 2. The van der Waals surface area contributed by atoms with Crippen LogP contribution in [0.4, 0.5) is 0 Å². The minimum Gasteiger partial charge on any atom is -0.489 e. The van der Waals surface area contributed by atoms with Gasteiger partial charge in [-0.15, -0.1) is 10.2 Å². The van der Waals surface area contributed by atoms with E-state index in [1.54, 1.807) is 6.92 Å². The Hall–Kier alpha value is -1.88. The zero-order valence-corrected chi connectivity index (χ0v) is 11.8. The lowest BCUT2D eigenvalue weighted by Crippen LogP contribution is -2.20. The van der Waals surface area contributed by atoms with E-state index in [1.165, 1.54) is 5.56 Å². The minimum atomic E-state index is 0.0931. The van der Waals surface area contributed by atoms with Crippen molar-refractivity contribution in [3.63, 3.8) is 0 Å². The lowest BCUT2D eigenvalue weighted by Gasteiger charge is -2.13. The number of rotatable bonds is 4. The maximum atomic E-state index is 6.02. The van der Waals surface area contributed by atoms with Gasteiger partial charge in [0.15, 0.2) is 0 Å². The van der Waals surface area contributed by atoms with E-state index >= 15 is 0 Å². The number of hydrogen-bond acceptors (Lipinski definition) is 5. The Morgan fingerprint density at radius 1 is 1.40 bits per heavy atom. The second-order valence-electron chi connectivity index (χ2n) is 5.10. The summed E-state index contributed by atoms with van der Waals surface area (Å²) in [5.74, 6) is 2.18. The molecule has 0 radical (unpaired) electrons. The Morgan fingerprint density at radius 2 is 2.30 bits per heavy atom. The molecule has 2 atom stereocenters. The molecule has 1 saturated heterocycles. The lowest BCUT2D eigenvalue weighted by molar-refractivity contribution is 0.217. The van der Waals surface area contributed by atoms with Gasteiger partial charge in [0.25, 0.3) is 0 Å². The summed E-state index contributed by atoms with van der Waals surface area (Å²) in [6.07, 6.45) is 2.00. The summed E-state index contributed by atoms with van der Waals surface area (Å²) in [5, 5.41) is 11.3. The molecule has 1 aliphatic rings. The predicted octanol–water partition coefficient (Wildman–Crippen LogP) is 2.42. The van der Waals surface area contributed by atoms with Crippen LogP contribution in [0.15, 0.2) is 28.7 Å². The molecule has 0 saturated carbocycles. The molecule has 1 fully saturated rings. The first-order valence-electron chi connectivity index (χ1n) is 7.03. The molecule has 5 heteroatoms. The van der Waals surface area contributed by atoms with Gasteiger partial charge in [0.1, 0.15) is 11.9 Å². The van der Waals surface area contributed by atoms with E-state index in [0.29, 0.717) is 11.8 Å². The van der Waals surface area contributed by atoms with Crippen molar-refractivity contribution in [2.24, 2.45) is 0 Å². The molecule has 106 valence electrons. The van der Waals surface area contributed by atoms with E-state index in [2.05, 4.69) is 34.6 Å². The molecule has 2 heterocycles. The SMILES string of the molecule is CCc1cccc(OC2CNC(c3nnc(C)o3)C2)c1. The van der Waals surface area contributed by atoms with Gasteiger partial charge >= 0.3 is 0 Å². The van der Waals surface area contributed by atoms with Crippen LogP contribution >= 0.6 is 0 Å². The Bertz CT molecular complexity index is 582.